The third-order valence-electron chi connectivity index (χ3n) is 1.41. The Kier molecular flexibility index (Phi) is 3.13. The van der Waals surface area contributed by atoms with Gasteiger partial charge in [0.25, 0.3) is 0 Å². The van der Waals surface area contributed by atoms with Gasteiger partial charge in [-0.3, -0.25) is 0 Å². The highest BCUT2D eigenvalue weighted by atomic mass is 16.6. The van der Waals surface area contributed by atoms with Gasteiger partial charge in [0, 0.05) is 13.1 Å². The van der Waals surface area contributed by atoms with Gasteiger partial charge in [0.15, 0.2) is 0 Å². The van der Waals surface area contributed by atoms with Crippen LogP contribution in [0.15, 0.2) is 0 Å². The molecule has 0 bridgehead atoms. The molecule has 1 aliphatic rings. The van der Waals surface area contributed by atoms with E-state index in [-0.39, 0.29) is 18.8 Å². The molecule has 0 spiro atoms. The van der Waals surface area contributed by atoms with Gasteiger partial charge < -0.3 is 20.5 Å². The first kappa shape index (κ1) is 8.29. The minimum atomic E-state index is -0.360. The second kappa shape index (κ2) is 4.15. The molecule has 1 fully saturated rings. The van der Waals surface area contributed by atoms with E-state index in [0.29, 0.717) is 19.6 Å². The van der Waals surface area contributed by atoms with Crippen LogP contribution in [0.5, 0.6) is 0 Å². The van der Waals surface area contributed by atoms with Gasteiger partial charge in [-0.1, -0.05) is 0 Å². The smallest absolute Gasteiger partial charge is 0.407 e. The molecule has 1 rings (SSSR count). The molecule has 1 heterocycles. The number of carbonyl (C=O) groups is 1. The second-order valence-electron chi connectivity index (χ2n) is 2.34. The van der Waals surface area contributed by atoms with Gasteiger partial charge in [0.05, 0.1) is 13.2 Å². The van der Waals surface area contributed by atoms with Crippen LogP contribution in [-0.2, 0) is 4.74 Å². The maximum atomic E-state index is 10.5. The minimum Gasteiger partial charge on any atom is -0.443 e. The topological polar surface area (TPSA) is 70.6 Å². The Morgan fingerprint density at radius 2 is 2.64 bits per heavy atom. The molecule has 0 aromatic carbocycles. The summed E-state index contributed by atoms with van der Waals surface area (Å²) < 4.78 is 4.81. The molecule has 1 aliphatic heterocycles. The fourth-order valence-corrected chi connectivity index (χ4v) is 0.888. The molecule has 1 unspecified atom stereocenters. The average Bonchev–Trinajstić information content (AvgIpc) is 2.37. The van der Waals surface area contributed by atoms with Crippen molar-refractivity contribution in [2.75, 3.05) is 26.2 Å². The maximum Gasteiger partial charge on any atom is 0.407 e. The lowest BCUT2D eigenvalue weighted by Crippen LogP contribution is -2.31. The summed E-state index contributed by atoms with van der Waals surface area (Å²) in [6.45, 7) is 1.79. The summed E-state index contributed by atoms with van der Waals surface area (Å²) in [4.78, 5) is 10.5. The first-order chi connectivity index (χ1) is 5.33. The van der Waals surface area contributed by atoms with E-state index in [1.807, 2.05) is 0 Å². The highest BCUT2D eigenvalue weighted by molar-refractivity contribution is 5.69. The zero-order valence-electron chi connectivity index (χ0n) is 6.17. The number of hydrogen-bond acceptors (Lipinski definition) is 4. The number of alkyl carbamates (subject to hydrolysis) is 1. The number of aliphatic hydroxyl groups is 1. The van der Waals surface area contributed by atoms with Gasteiger partial charge >= 0.3 is 6.09 Å². The Labute approximate surface area is 64.7 Å². The molecule has 1 atom stereocenters. The number of hydrogen-bond donors (Lipinski definition) is 3. The van der Waals surface area contributed by atoms with Crippen LogP contribution in [0, 0.1) is 0 Å². The standard InChI is InChI=1S/C6H12N2O3/c9-2-1-7-3-5-4-8-6(10)11-5/h5,7,9H,1-4H2,(H,8,10). The van der Waals surface area contributed by atoms with Gasteiger partial charge in [-0.15, -0.1) is 0 Å². The third kappa shape index (κ3) is 2.73. The van der Waals surface area contributed by atoms with Crippen LogP contribution >= 0.6 is 0 Å². The maximum absolute atomic E-state index is 10.5. The van der Waals surface area contributed by atoms with Gasteiger partial charge in [0.2, 0.25) is 0 Å². The summed E-state index contributed by atoms with van der Waals surface area (Å²) in [6, 6.07) is 0. The van der Waals surface area contributed by atoms with Gasteiger partial charge in [-0.25, -0.2) is 4.79 Å². The van der Waals surface area contributed by atoms with E-state index in [1.165, 1.54) is 0 Å². The molecule has 0 aromatic rings. The van der Waals surface area contributed by atoms with Crippen molar-refractivity contribution in [1.29, 1.82) is 0 Å². The predicted octanol–water partition coefficient (Wildman–Crippen LogP) is -1.32. The van der Waals surface area contributed by atoms with Crippen LogP contribution in [0.25, 0.3) is 0 Å². The van der Waals surface area contributed by atoms with Crippen molar-refractivity contribution >= 4 is 6.09 Å². The number of amides is 1. The first-order valence-electron chi connectivity index (χ1n) is 3.59. The SMILES string of the molecule is O=C1NCC(CNCCO)O1. The van der Waals surface area contributed by atoms with Crippen molar-refractivity contribution in [2.45, 2.75) is 6.10 Å². The lowest BCUT2D eigenvalue weighted by atomic mass is 10.3. The summed E-state index contributed by atoms with van der Waals surface area (Å²) >= 11 is 0. The van der Waals surface area contributed by atoms with Crippen LogP contribution in [-0.4, -0.2) is 43.5 Å². The molecule has 3 N–H and O–H groups in total. The molecule has 1 amide bonds. The van der Waals surface area contributed by atoms with E-state index in [1.54, 1.807) is 0 Å². The molecule has 11 heavy (non-hydrogen) atoms. The number of carbonyl (C=O) groups excluding carboxylic acids is 1. The molecule has 5 nitrogen and oxygen atoms in total. The normalized spacial score (nSPS) is 23.0. The van der Waals surface area contributed by atoms with Crippen molar-refractivity contribution in [2.24, 2.45) is 0 Å². The lowest BCUT2D eigenvalue weighted by Gasteiger charge is -2.07. The largest absolute Gasteiger partial charge is 0.443 e. The number of aliphatic hydroxyl groups excluding tert-OH is 1. The highest BCUT2D eigenvalue weighted by Crippen LogP contribution is 1.97. The summed E-state index contributed by atoms with van der Waals surface area (Å²) in [6.07, 6.45) is -0.449. The highest BCUT2D eigenvalue weighted by Gasteiger charge is 2.21. The van der Waals surface area contributed by atoms with Crippen molar-refractivity contribution in [3.05, 3.63) is 0 Å². The number of rotatable bonds is 4. The van der Waals surface area contributed by atoms with Gasteiger partial charge in [0.1, 0.15) is 6.10 Å². The van der Waals surface area contributed by atoms with Crippen molar-refractivity contribution in [1.82, 2.24) is 10.6 Å². The molecule has 64 valence electrons. The Hall–Kier alpha value is -0.810. The van der Waals surface area contributed by atoms with Crippen molar-refractivity contribution in [3.8, 4) is 0 Å². The summed E-state index contributed by atoms with van der Waals surface area (Å²) in [5.74, 6) is 0. The van der Waals surface area contributed by atoms with Crippen molar-refractivity contribution in [3.63, 3.8) is 0 Å². The van der Waals surface area contributed by atoms with E-state index in [4.69, 9.17) is 9.84 Å². The Morgan fingerprint density at radius 1 is 1.82 bits per heavy atom. The van der Waals surface area contributed by atoms with E-state index >= 15 is 0 Å². The molecule has 0 aromatic heterocycles. The zero-order chi connectivity index (χ0) is 8.10. The summed E-state index contributed by atoms with van der Waals surface area (Å²) in [5, 5.41) is 13.9. The molecule has 5 heteroatoms. The number of ether oxygens (including phenoxy) is 1. The Morgan fingerprint density at radius 3 is 3.18 bits per heavy atom. The van der Waals surface area contributed by atoms with Crippen LogP contribution < -0.4 is 10.6 Å². The fourth-order valence-electron chi connectivity index (χ4n) is 0.888. The third-order valence-corrected chi connectivity index (χ3v) is 1.41. The molecule has 0 saturated carbocycles. The number of cyclic esters (lactones) is 1. The lowest BCUT2D eigenvalue weighted by molar-refractivity contribution is 0.138. The van der Waals surface area contributed by atoms with E-state index < -0.39 is 0 Å². The molecular weight excluding hydrogens is 148 g/mol. The minimum absolute atomic E-state index is 0.0888. The summed E-state index contributed by atoms with van der Waals surface area (Å²) in [7, 11) is 0. The second-order valence-corrected chi connectivity index (χ2v) is 2.34. The van der Waals surface area contributed by atoms with E-state index in [0.717, 1.165) is 0 Å². The first-order valence-corrected chi connectivity index (χ1v) is 3.59. The quantitative estimate of drug-likeness (QED) is 0.446. The molecule has 1 saturated heterocycles. The Balaban J connectivity index is 2.04. The van der Waals surface area contributed by atoms with E-state index in [2.05, 4.69) is 10.6 Å². The van der Waals surface area contributed by atoms with Crippen molar-refractivity contribution < 1.29 is 14.6 Å². The predicted molar refractivity (Wildman–Crippen MR) is 38.2 cm³/mol. The van der Waals surface area contributed by atoms with Gasteiger partial charge in [-0.2, -0.15) is 0 Å². The molecule has 0 aliphatic carbocycles. The van der Waals surface area contributed by atoms with Gasteiger partial charge in [-0.05, 0) is 0 Å². The van der Waals surface area contributed by atoms with Crippen LogP contribution in [0.1, 0.15) is 0 Å². The summed E-state index contributed by atoms with van der Waals surface area (Å²) in [5.41, 5.74) is 0. The Bertz CT molecular complexity index is 140. The molecular formula is C6H12N2O3. The van der Waals surface area contributed by atoms with Crippen LogP contribution in [0.4, 0.5) is 4.79 Å². The van der Waals surface area contributed by atoms with E-state index in [9.17, 15) is 4.79 Å². The zero-order valence-corrected chi connectivity index (χ0v) is 6.17. The molecule has 0 radical (unpaired) electrons. The van der Waals surface area contributed by atoms with Crippen LogP contribution in [0.2, 0.25) is 0 Å². The number of nitrogens with one attached hydrogen (secondary N) is 2. The fraction of sp³-hybridized carbons (Fsp3) is 0.833. The van der Waals surface area contributed by atoms with Crippen LogP contribution in [0.3, 0.4) is 0 Å². The monoisotopic (exact) mass is 160 g/mol. The average molecular weight is 160 g/mol.